The van der Waals surface area contributed by atoms with Gasteiger partial charge in [0.25, 0.3) is 5.91 Å². The first kappa shape index (κ1) is 18.7. The monoisotopic (exact) mass is 393 g/mol. The van der Waals surface area contributed by atoms with Crippen molar-refractivity contribution in [3.63, 3.8) is 0 Å². The van der Waals surface area contributed by atoms with Crippen molar-refractivity contribution in [1.82, 2.24) is 4.90 Å². The lowest BCUT2D eigenvalue weighted by molar-refractivity contribution is -0.137. The molecule has 1 aromatic carbocycles. The third-order valence-electron chi connectivity index (χ3n) is 4.01. The minimum atomic E-state index is -0.794. The average molecular weight is 393 g/mol. The highest BCUT2D eigenvalue weighted by Crippen LogP contribution is 2.35. The number of hydrogen-bond donors (Lipinski definition) is 1. The summed E-state index contributed by atoms with van der Waals surface area (Å²) in [7, 11) is 0. The summed E-state index contributed by atoms with van der Waals surface area (Å²) in [5, 5.41) is 8.64. The van der Waals surface area contributed by atoms with Crippen molar-refractivity contribution in [2.24, 2.45) is 0 Å². The molecule has 1 aromatic rings. The summed E-state index contributed by atoms with van der Waals surface area (Å²) in [6.07, 6.45) is 4.06. The molecule has 1 saturated heterocycles. The van der Waals surface area contributed by atoms with Crippen molar-refractivity contribution >= 4 is 46.3 Å². The number of rotatable bonds is 7. The van der Waals surface area contributed by atoms with Crippen LogP contribution >= 0.6 is 24.0 Å². The molecule has 3 rings (SSSR count). The van der Waals surface area contributed by atoms with E-state index in [1.54, 1.807) is 4.90 Å². The fourth-order valence-corrected chi connectivity index (χ4v) is 4.03. The number of fused-ring (bicyclic) bond motifs is 1. The van der Waals surface area contributed by atoms with Gasteiger partial charge < -0.3 is 14.6 Å². The Labute approximate surface area is 161 Å². The molecule has 0 bridgehead atoms. The molecule has 1 fully saturated rings. The maximum atomic E-state index is 12.6. The van der Waals surface area contributed by atoms with Gasteiger partial charge in [-0.3, -0.25) is 14.5 Å². The zero-order chi connectivity index (χ0) is 18.5. The molecule has 138 valence electrons. The van der Waals surface area contributed by atoms with Gasteiger partial charge in [0.1, 0.15) is 17.5 Å². The highest BCUT2D eigenvalue weighted by Gasteiger charge is 2.31. The Hall–Kier alpha value is -2.06. The minimum Gasteiger partial charge on any atom is -0.486 e. The standard InChI is InChI=1S/C18H19NO5S2/c20-16(21)4-2-1-3-7-19-17(22)15(26-18(19)25)11-12-5-6-13-14(10-12)24-9-8-23-13/h5-6,10-11H,1-4,7-9H2,(H,20,21). The third-order valence-corrected chi connectivity index (χ3v) is 5.39. The first-order chi connectivity index (χ1) is 12.5. The quantitative estimate of drug-likeness (QED) is 0.433. The molecular formula is C18H19NO5S2. The molecule has 8 heteroatoms. The molecule has 0 radical (unpaired) electrons. The summed E-state index contributed by atoms with van der Waals surface area (Å²) in [4.78, 5) is 25.3. The maximum absolute atomic E-state index is 12.6. The first-order valence-corrected chi connectivity index (χ1v) is 9.64. The van der Waals surface area contributed by atoms with Gasteiger partial charge in [-0.1, -0.05) is 36.5 Å². The summed E-state index contributed by atoms with van der Waals surface area (Å²) in [5.74, 6) is 0.493. The molecule has 2 aliphatic heterocycles. The summed E-state index contributed by atoms with van der Waals surface area (Å²) in [6, 6.07) is 5.57. The number of thioether (sulfide) groups is 1. The summed E-state index contributed by atoms with van der Waals surface area (Å²) in [6.45, 7) is 1.57. The highest BCUT2D eigenvalue weighted by molar-refractivity contribution is 8.26. The van der Waals surface area contributed by atoms with Gasteiger partial charge in [-0.15, -0.1) is 0 Å². The Morgan fingerprint density at radius 3 is 2.77 bits per heavy atom. The van der Waals surface area contributed by atoms with E-state index in [1.807, 2.05) is 24.3 Å². The number of unbranched alkanes of at least 4 members (excludes halogenated alkanes) is 2. The zero-order valence-corrected chi connectivity index (χ0v) is 15.7. The Bertz CT molecular complexity index is 762. The van der Waals surface area contributed by atoms with E-state index in [0.29, 0.717) is 46.9 Å². The van der Waals surface area contributed by atoms with Crippen LogP contribution in [0, 0.1) is 0 Å². The molecular weight excluding hydrogens is 374 g/mol. The Morgan fingerprint density at radius 2 is 2.00 bits per heavy atom. The lowest BCUT2D eigenvalue weighted by atomic mass is 10.1. The van der Waals surface area contributed by atoms with Crippen LogP contribution in [0.25, 0.3) is 6.08 Å². The highest BCUT2D eigenvalue weighted by atomic mass is 32.2. The summed E-state index contributed by atoms with van der Waals surface area (Å²) in [5.41, 5.74) is 0.858. The number of carboxylic acids is 1. The Balaban J connectivity index is 1.61. The number of benzene rings is 1. The molecule has 1 N–H and O–H groups in total. The minimum absolute atomic E-state index is 0.104. The third kappa shape index (κ3) is 4.56. The molecule has 0 saturated carbocycles. The smallest absolute Gasteiger partial charge is 0.303 e. The molecule has 26 heavy (non-hydrogen) atoms. The largest absolute Gasteiger partial charge is 0.486 e. The van der Waals surface area contributed by atoms with Crippen molar-refractivity contribution in [3.05, 3.63) is 28.7 Å². The molecule has 2 heterocycles. The molecule has 0 spiro atoms. The van der Waals surface area contributed by atoms with E-state index in [2.05, 4.69) is 0 Å². The van der Waals surface area contributed by atoms with Gasteiger partial charge in [-0.2, -0.15) is 0 Å². The molecule has 0 aliphatic carbocycles. The number of carboxylic acid groups (broad SMARTS) is 1. The number of carbonyl (C=O) groups is 2. The van der Waals surface area contributed by atoms with E-state index in [9.17, 15) is 9.59 Å². The topological polar surface area (TPSA) is 76.1 Å². The number of amides is 1. The van der Waals surface area contributed by atoms with E-state index >= 15 is 0 Å². The predicted molar refractivity (Wildman–Crippen MR) is 103 cm³/mol. The first-order valence-electron chi connectivity index (χ1n) is 8.41. The summed E-state index contributed by atoms with van der Waals surface area (Å²) >= 11 is 6.60. The lowest BCUT2D eigenvalue weighted by Crippen LogP contribution is -2.29. The van der Waals surface area contributed by atoms with Crippen LogP contribution in [-0.2, 0) is 9.59 Å². The van der Waals surface area contributed by atoms with Gasteiger partial charge in [0.15, 0.2) is 11.5 Å². The molecule has 0 aromatic heterocycles. The number of hydrogen-bond acceptors (Lipinski definition) is 6. The van der Waals surface area contributed by atoms with Crippen LogP contribution in [0.3, 0.4) is 0 Å². The summed E-state index contributed by atoms with van der Waals surface area (Å²) < 4.78 is 11.6. The maximum Gasteiger partial charge on any atom is 0.303 e. The zero-order valence-electron chi connectivity index (χ0n) is 14.1. The van der Waals surface area contributed by atoms with Crippen LogP contribution in [0.15, 0.2) is 23.1 Å². The lowest BCUT2D eigenvalue weighted by Gasteiger charge is -2.18. The second-order valence-corrected chi connectivity index (χ2v) is 7.62. The van der Waals surface area contributed by atoms with Gasteiger partial charge >= 0.3 is 5.97 Å². The molecule has 2 aliphatic rings. The average Bonchev–Trinajstić information content (AvgIpc) is 2.88. The number of aliphatic carboxylic acids is 1. The van der Waals surface area contributed by atoms with Crippen molar-refractivity contribution < 1.29 is 24.2 Å². The van der Waals surface area contributed by atoms with Crippen LogP contribution in [0.5, 0.6) is 11.5 Å². The SMILES string of the molecule is O=C(O)CCCCCN1C(=O)C(=Cc2ccc3c(c2)OCCO3)SC1=S. The normalized spacial score (nSPS) is 17.8. The van der Waals surface area contributed by atoms with Crippen LogP contribution in [0.1, 0.15) is 31.2 Å². The number of ether oxygens (including phenoxy) is 2. The number of nitrogens with zero attached hydrogens (tertiary/aromatic N) is 1. The van der Waals surface area contributed by atoms with Crippen molar-refractivity contribution in [1.29, 1.82) is 0 Å². The van der Waals surface area contributed by atoms with Crippen LogP contribution in [-0.4, -0.2) is 46.0 Å². The van der Waals surface area contributed by atoms with Crippen molar-refractivity contribution in [2.75, 3.05) is 19.8 Å². The molecule has 0 unspecified atom stereocenters. The van der Waals surface area contributed by atoms with Gasteiger partial charge in [0.05, 0.1) is 4.91 Å². The second kappa shape index (κ2) is 8.55. The number of carbonyl (C=O) groups excluding carboxylic acids is 1. The molecule has 0 atom stereocenters. The second-order valence-electron chi connectivity index (χ2n) is 5.94. The predicted octanol–water partition coefficient (Wildman–Crippen LogP) is 3.30. The fraction of sp³-hybridized carbons (Fsp3) is 0.389. The van der Waals surface area contributed by atoms with E-state index in [1.165, 1.54) is 11.8 Å². The van der Waals surface area contributed by atoms with Crippen LogP contribution < -0.4 is 9.47 Å². The number of thiocarbonyl (C=S) groups is 1. The molecule has 6 nitrogen and oxygen atoms in total. The Kier molecular flexibility index (Phi) is 6.16. The van der Waals surface area contributed by atoms with E-state index in [0.717, 1.165) is 18.4 Å². The van der Waals surface area contributed by atoms with Crippen LogP contribution in [0.4, 0.5) is 0 Å². The fourth-order valence-electron chi connectivity index (χ4n) is 2.72. The van der Waals surface area contributed by atoms with Gasteiger partial charge in [0, 0.05) is 13.0 Å². The van der Waals surface area contributed by atoms with Crippen molar-refractivity contribution in [3.8, 4) is 11.5 Å². The Morgan fingerprint density at radius 1 is 1.23 bits per heavy atom. The van der Waals surface area contributed by atoms with Crippen LogP contribution in [0.2, 0.25) is 0 Å². The van der Waals surface area contributed by atoms with E-state index in [4.69, 9.17) is 26.8 Å². The van der Waals surface area contributed by atoms with Crippen molar-refractivity contribution in [2.45, 2.75) is 25.7 Å². The van der Waals surface area contributed by atoms with E-state index < -0.39 is 5.97 Å². The van der Waals surface area contributed by atoms with Gasteiger partial charge in [-0.25, -0.2) is 0 Å². The van der Waals surface area contributed by atoms with Gasteiger partial charge in [0.2, 0.25) is 0 Å². The van der Waals surface area contributed by atoms with E-state index in [-0.39, 0.29) is 12.3 Å². The molecule has 1 amide bonds. The van der Waals surface area contributed by atoms with Gasteiger partial charge in [-0.05, 0) is 36.6 Å².